The van der Waals surface area contributed by atoms with Gasteiger partial charge in [-0.15, -0.1) is 15.3 Å². The van der Waals surface area contributed by atoms with Crippen LogP contribution in [0.2, 0.25) is 19.6 Å². The van der Waals surface area contributed by atoms with Crippen LogP contribution in [0, 0.1) is 0 Å². The van der Waals surface area contributed by atoms with E-state index >= 15 is 0 Å². The summed E-state index contributed by atoms with van der Waals surface area (Å²) in [6.45, 7) is 9.24. The van der Waals surface area contributed by atoms with Crippen LogP contribution < -0.4 is 49.9 Å². The quantitative estimate of drug-likeness (QED) is 0.0294. The molecule has 0 radical (unpaired) electrons. The van der Waals surface area contributed by atoms with Gasteiger partial charge in [-0.05, 0) is 50.2 Å². The van der Waals surface area contributed by atoms with Crippen molar-refractivity contribution in [3.8, 4) is 17.2 Å². The first-order chi connectivity index (χ1) is 29.0. The molecule has 0 unspecified atom stereocenters. The molecule has 0 saturated carbocycles. The Morgan fingerprint density at radius 3 is 1.47 bits per heavy atom. The molecule has 1 heterocycles. The zero-order valence-electron chi connectivity index (χ0n) is 33.8. The second-order valence-corrected chi connectivity index (χ2v) is 30.9. The Labute approximate surface area is 385 Å². The second kappa shape index (κ2) is 28.3. The van der Waals surface area contributed by atoms with Crippen LogP contribution in [0.4, 0.5) is 43.4 Å². The first-order valence-corrected chi connectivity index (χ1v) is 30.4. The van der Waals surface area contributed by atoms with E-state index in [0.29, 0.717) is 6.42 Å². The number of benzene rings is 3. The Hall–Kier alpha value is -2.87. The number of carbonyl (C=O) groups is 1. The number of alkyl halides is 6. The summed E-state index contributed by atoms with van der Waals surface area (Å²) in [6.07, 6.45) is -8.02. The van der Waals surface area contributed by atoms with Crippen molar-refractivity contribution in [1.29, 1.82) is 0 Å². The number of phosphoric acid groups is 3. The number of nitrogens with one attached hydrogen (secondary N) is 1. The van der Waals surface area contributed by atoms with Gasteiger partial charge in [0, 0.05) is 11.4 Å². The third kappa shape index (κ3) is 26.3. The normalized spacial score (nSPS) is 11.5. The minimum absolute atomic E-state index is 0. The van der Waals surface area contributed by atoms with E-state index in [4.69, 9.17) is 25.0 Å². The monoisotopic (exact) mass is 1170 g/mol. The molecule has 1 amide bonds. The van der Waals surface area contributed by atoms with E-state index in [9.17, 15) is 64.4 Å². The Balaban J connectivity index is 0.000000895. The van der Waals surface area contributed by atoms with E-state index < -0.39 is 77.6 Å². The molecule has 0 atom stereocenters. The van der Waals surface area contributed by atoms with Gasteiger partial charge in [0.05, 0.1) is 24.3 Å². The van der Waals surface area contributed by atoms with E-state index in [-0.39, 0.29) is 76.2 Å². The van der Waals surface area contributed by atoms with Gasteiger partial charge in [-0.2, -0.15) is 0 Å². The van der Waals surface area contributed by atoms with Crippen molar-refractivity contribution in [2.45, 2.75) is 73.0 Å². The van der Waals surface area contributed by atoms with Crippen LogP contribution in [-0.4, -0.2) is 46.2 Å². The molecule has 16 nitrogen and oxygen atoms in total. The van der Waals surface area contributed by atoms with Crippen LogP contribution in [-0.2, 0) is 34.0 Å². The summed E-state index contributed by atoms with van der Waals surface area (Å²) in [5.41, 5.74) is 8.91. The van der Waals surface area contributed by atoms with Crippen LogP contribution >= 0.6 is 38.8 Å². The fourth-order valence-corrected chi connectivity index (χ4v) is 8.26. The Morgan fingerprint density at radius 1 is 0.719 bits per heavy atom. The van der Waals surface area contributed by atoms with Crippen molar-refractivity contribution >= 4 is 88.9 Å². The summed E-state index contributed by atoms with van der Waals surface area (Å²) in [7, 11) is -14.7. The van der Waals surface area contributed by atoms with Crippen LogP contribution in [0.25, 0.3) is 0 Å². The number of aryl methyl sites for hydroxylation is 1. The Morgan fingerprint density at radius 2 is 1.11 bits per heavy atom. The van der Waals surface area contributed by atoms with Crippen LogP contribution in [0.3, 0.4) is 0 Å². The summed E-state index contributed by atoms with van der Waals surface area (Å²) >= 11 is 3.19. The summed E-state index contributed by atoms with van der Waals surface area (Å²) in [5, 5.41) is 2.46. The number of hydrogen-bond donors (Lipinski definition) is 3. The number of rotatable bonds is 17. The number of anilines is 3. The van der Waals surface area contributed by atoms with Crippen molar-refractivity contribution in [2.24, 2.45) is 0 Å². The van der Waals surface area contributed by atoms with Crippen molar-refractivity contribution in [1.82, 2.24) is 0 Å². The topological polar surface area (TPSA) is 271 Å². The molecule has 0 fully saturated rings. The molecule has 64 heavy (non-hydrogen) atoms. The number of amides is 1. The van der Waals surface area contributed by atoms with E-state index in [1.54, 1.807) is 13.8 Å². The molecule has 0 aliphatic heterocycles. The molecule has 3 aromatic carbocycles. The molecular formula is C36H47BrF6N3O13P3SiTe-4. The summed E-state index contributed by atoms with van der Waals surface area (Å²) in [6, 6.07) is 13.4. The second-order valence-electron chi connectivity index (χ2n) is 12.9. The zero-order chi connectivity index (χ0) is 48.3. The molecular weight excluding hydrogens is 1120 g/mol. The average Bonchev–Trinajstić information content (AvgIpc) is 3.66. The van der Waals surface area contributed by atoms with Gasteiger partial charge in [0.1, 0.15) is 26.0 Å². The van der Waals surface area contributed by atoms with Gasteiger partial charge < -0.3 is 34.9 Å². The molecule has 0 saturated heterocycles. The predicted octanol–water partition coefficient (Wildman–Crippen LogP) is 8.49. The molecule has 5 N–H and O–H groups in total. The van der Waals surface area contributed by atoms with E-state index in [1.165, 1.54) is 21.8 Å². The van der Waals surface area contributed by atoms with Crippen LogP contribution in [0.1, 0.15) is 67.2 Å². The van der Waals surface area contributed by atoms with Crippen molar-refractivity contribution in [3.05, 3.63) is 91.1 Å². The van der Waals surface area contributed by atoms with Gasteiger partial charge in [-0.3, -0.25) is 9.05 Å². The predicted molar refractivity (Wildman–Crippen MR) is 230 cm³/mol. The zero-order valence-corrected chi connectivity index (χ0v) is 41.4. The number of nitrogen functional groups attached to an aromatic ring is 2. The molecule has 362 valence electrons. The van der Waals surface area contributed by atoms with E-state index in [0.717, 1.165) is 36.4 Å². The number of phosphoric ester groups is 3. The third-order valence-electron chi connectivity index (χ3n) is 6.45. The maximum absolute atomic E-state index is 13.0. The van der Waals surface area contributed by atoms with E-state index in [1.807, 2.05) is 12.1 Å². The van der Waals surface area contributed by atoms with Gasteiger partial charge in [0.2, 0.25) is 0 Å². The van der Waals surface area contributed by atoms with Crippen molar-refractivity contribution in [2.75, 3.05) is 30.0 Å². The van der Waals surface area contributed by atoms with Gasteiger partial charge in [-0.25, -0.2) is 22.1 Å². The molecule has 0 aliphatic rings. The first-order valence-electron chi connectivity index (χ1n) is 17.8. The molecule has 4 rings (SSSR count). The maximum atomic E-state index is 13.0. The first kappa shape index (κ1) is 61.1. The molecule has 28 heteroatoms. The molecule has 4 aromatic rings. The van der Waals surface area contributed by atoms with Gasteiger partial charge in [0.15, 0.2) is 0 Å². The fraction of sp³-hybridized carbons (Fsp3) is 0.361. The Kier molecular flexibility index (Phi) is 27.1. The number of hydrogen-bond acceptors (Lipinski definition) is 15. The van der Waals surface area contributed by atoms with E-state index in [2.05, 4.69) is 53.4 Å². The molecule has 0 bridgehead atoms. The molecule has 0 spiro atoms. The SMILES string of the molecule is C.CCOP(=O)(OCC)Oc1ccc(N)cc1C(F)F.C[Si](C)(C)Br.Nc1ccc(OP(=O)([O-])[O-])c(C(F)F)c1.O=C(CCc1ccc[te]1)Nc1ccc(OP(=O)([O-])[O-])c(C(F)F)c1. The van der Waals surface area contributed by atoms with Gasteiger partial charge >= 0.3 is 154 Å². The van der Waals surface area contributed by atoms with Crippen molar-refractivity contribution in [3.63, 3.8) is 0 Å². The Bertz CT molecular complexity index is 2170. The minimum atomic E-state index is -5.45. The van der Waals surface area contributed by atoms with Crippen LogP contribution in [0.15, 0.2) is 70.8 Å². The number of halogens is 7. The van der Waals surface area contributed by atoms with Crippen molar-refractivity contribution < 1.29 is 87.0 Å². The molecule has 0 aliphatic carbocycles. The number of nitrogens with two attached hydrogens (primary N) is 2. The molecule has 1 aromatic heterocycles. The summed E-state index contributed by atoms with van der Waals surface area (Å²) in [5.74, 6) is -2.06. The standard InChI is InChI=1S/C14H14F2NO5PTe.C11H16F2NO4P.C7H8F2NO4P.C3H9BrSi.CH4/c15-14(16)11-8-9(3-5-12(11)22-23(19,20)21)17-13(18)6-4-10-2-1-7-24-10;1-3-16-19(15,17-4-2)18-10-6-5-8(14)7-9(10)11(12)13;8-7(9)5-3-4(10)1-2-6(5)14-15(11,12)13;1-5(2,3)4;/h1-3,5,7-8,14H,4,6H2,(H,17,18)(H2,19,20,21);5-7,11H,3-4,14H2,1-2H3;1-3,7H,10H2,(H2,11,12,13);1-3H3;1H4/p-4. The van der Waals surface area contributed by atoms with Gasteiger partial charge in [0.25, 0.3) is 12.9 Å². The van der Waals surface area contributed by atoms with Crippen LogP contribution in [0.5, 0.6) is 17.2 Å². The summed E-state index contributed by atoms with van der Waals surface area (Å²) in [4.78, 5) is 53.5. The van der Waals surface area contributed by atoms with Gasteiger partial charge in [-0.1, -0.05) is 27.1 Å². The third-order valence-corrected chi connectivity index (χ3v) is 11.5. The summed E-state index contributed by atoms with van der Waals surface area (Å²) < 4.78 is 135. The average molecular weight is 1170 g/mol. The number of carbonyl (C=O) groups excluding carboxylic acids is 1. The fourth-order valence-electron chi connectivity index (χ4n) is 4.20.